The Balaban J connectivity index is 1.52. The molecule has 2 aromatic carbocycles. The Morgan fingerprint density at radius 1 is 1.00 bits per heavy atom. The Bertz CT molecular complexity index is 636. The van der Waals surface area contributed by atoms with Crippen LogP contribution in [0.1, 0.15) is 24.0 Å². The summed E-state index contributed by atoms with van der Waals surface area (Å²) < 4.78 is 41.5. The van der Waals surface area contributed by atoms with E-state index in [2.05, 4.69) is 10.1 Å². The Morgan fingerprint density at radius 3 is 2.22 bits per heavy atom. The summed E-state index contributed by atoms with van der Waals surface area (Å²) in [4.78, 5) is 0. The summed E-state index contributed by atoms with van der Waals surface area (Å²) in [5.74, 6) is -0.0580. The molecule has 1 fully saturated rings. The van der Waals surface area contributed by atoms with Crippen molar-refractivity contribution in [3.8, 4) is 5.75 Å². The van der Waals surface area contributed by atoms with Gasteiger partial charge in [0.25, 0.3) is 0 Å². The van der Waals surface area contributed by atoms with E-state index in [1.165, 1.54) is 24.3 Å². The Labute approximate surface area is 133 Å². The topological polar surface area (TPSA) is 21.3 Å². The van der Waals surface area contributed by atoms with Crippen LogP contribution in [0.15, 0.2) is 48.5 Å². The van der Waals surface area contributed by atoms with Crippen LogP contribution in [-0.2, 0) is 12.0 Å². The SMILES string of the molecule is Fc1ccc(C2(CNCc3ccc(OC(F)F)cc3)CC2)cc1. The number of halogens is 3. The highest BCUT2D eigenvalue weighted by molar-refractivity contribution is 5.32. The second-order valence-corrected chi connectivity index (χ2v) is 5.91. The van der Waals surface area contributed by atoms with E-state index in [-0.39, 0.29) is 17.0 Å². The first kappa shape index (κ1) is 15.9. The molecule has 0 aromatic heterocycles. The summed E-state index contributed by atoms with van der Waals surface area (Å²) >= 11 is 0. The van der Waals surface area contributed by atoms with E-state index < -0.39 is 6.61 Å². The van der Waals surface area contributed by atoms with Crippen LogP contribution in [0, 0.1) is 5.82 Å². The molecule has 0 radical (unpaired) electrons. The lowest BCUT2D eigenvalue weighted by molar-refractivity contribution is -0.0498. The summed E-state index contributed by atoms with van der Waals surface area (Å²) in [6.07, 6.45) is 2.18. The number of nitrogens with one attached hydrogen (secondary N) is 1. The van der Waals surface area contributed by atoms with Crippen LogP contribution in [0.3, 0.4) is 0 Å². The molecule has 2 aromatic rings. The van der Waals surface area contributed by atoms with Gasteiger partial charge >= 0.3 is 6.61 Å². The fraction of sp³-hybridized carbons (Fsp3) is 0.333. The third-order valence-corrected chi connectivity index (χ3v) is 4.25. The van der Waals surface area contributed by atoms with Gasteiger partial charge in [-0.3, -0.25) is 0 Å². The van der Waals surface area contributed by atoms with Crippen molar-refractivity contribution in [2.24, 2.45) is 0 Å². The molecule has 0 aliphatic heterocycles. The van der Waals surface area contributed by atoms with Crippen molar-refractivity contribution < 1.29 is 17.9 Å². The zero-order chi connectivity index (χ0) is 16.3. The van der Waals surface area contributed by atoms with Crippen LogP contribution < -0.4 is 10.1 Å². The Morgan fingerprint density at radius 2 is 1.65 bits per heavy atom. The van der Waals surface area contributed by atoms with Gasteiger partial charge in [0.15, 0.2) is 0 Å². The molecule has 0 heterocycles. The number of ether oxygens (including phenoxy) is 1. The number of hydrogen-bond acceptors (Lipinski definition) is 2. The van der Waals surface area contributed by atoms with Crippen LogP contribution in [0.2, 0.25) is 0 Å². The normalized spacial score (nSPS) is 15.7. The van der Waals surface area contributed by atoms with E-state index in [4.69, 9.17) is 0 Å². The lowest BCUT2D eigenvalue weighted by Crippen LogP contribution is -2.26. The van der Waals surface area contributed by atoms with Crippen LogP contribution in [-0.4, -0.2) is 13.2 Å². The average Bonchev–Trinajstić information content (AvgIpc) is 3.30. The molecule has 0 amide bonds. The molecule has 1 aliphatic rings. The van der Waals surface area contributed by atoms with Gasteiger partial charge in [0.2, 0.25) is 0 Å². The Hall–Kier alpha value is -2.01. The van der Waals surface area contributed by atoms with Gasteiger partial charge in [-0.25, -0.2) is 4.39 Å². The van der Waals surface area contributed by atoms with Gasteiger partial charge < -0.3 is 10.1 Å². The maximum Gasteiger partial charge on any atom is 0.387 e. The lowest BCUT2D eigenvalue weighted by atomic mass is 9.96. The molecule has 2 nitrogen and oxygen atoms in total. The van der Waals surface area contributed by atoms with Crippen molar-refractivity contribution >= 4 is 0 Å². The van der Waals surface area contributed by atoms with Crippen molar-refractivity contribution in [2.45, 2.75) is 31.4 Å². The molecular weight excluding hydrogens is 303 g/mol. The van der Waals surface area contributed by atoms with Gasteiger partial charge in [-0.05, 0) is 48.2 Å². The molecule has 5 heteroatoms. The molecule has 0 saturated heterocycles. The molecule has 3 rings (SSSR count). The third kappa shape index (κ3) is 4.05. The van der Waals surface area contributed by atoms with E-state index in [9.17, 15) is 13.2 Å². The fourth-order valence-corrected chi connectivity index (χ4v) is 2.76. The van der Waals surface area contributed by atoms with Crippen LogP contribution >= 0.6 is 0 Å². The van der Waals surface area contributed by atoms with Crippen LogP contribution in [0.25, 0.3) is 0 Å². The highest BCUT2D eigenvalue weighted by atomic mass is 19.3. The molecule has 0 unspecified atom stereocenters. The van der Waals surface area contributed by atoms with Crippen molar-refractivity contribution in [1.82, 2.24) is 5.32 Å². The minimum absolute atomic E-state index is 0.104. The minimum atomic E-state index is -2.80. The molecule has 122 valence electrons. The molecule has 0 atom stereocenters. The van der Waals surface area contributed by atoms with Gasteiger partial charge in [-0.2, -0.15) is 8.78 Å². The monoisotopic (exact) mass is 321 g/mol. The average molecular weight is 321 g/mol. The smallest absolute Gasteiger partial charge is 0.387 e. The quantitative estimate of drug-likeness (QED) is 0.823. The zero-order valence-corrected chi connectivity index (χ0v) is 12.6. The first-order valence-electron chi connectivity index (χ1n) is 7.58. The largest absolute Gasteiger partial charge is 0.435 e. The van der Waals surface area contributed by atoms with Crippen molar-refractivity contribution in [3.63, 3.8) is 0 Å². The second-order valence-electron chi connectivity index (χ2n) is 5.91. The number of rotatable bonds is 7. The van der Waals surface area contributed by atoms with Gasteiger partial charge in [-0.1, -0.05) is 24.3 Å². The fourth-order valence-electron chi connectivity index (χ4n) is 2.76. The maximum absolute atomic E-state index is 13.0. The zero-order valence-electron chi connectivity index (χ0n) is 12.6. The lowest BCUT2D eigenvalue weighted by Gasteiger charge is -2.17. The highest BCUT2D eigenvalue weighted by Crippen LogP contribution is 2.47. The molecular formula is C18H18F3NO. The first-order chi connectivity index (χ1) is 11.1. The van der Waals surface area contributed by atoms with Crippen molar-refractivity contribution in [3.05, 3.63) is 65.5 Å². The summed E-state index contributed by atoms with van der Waals surface area (Å²) in [7, 11) is 0. The molecule has 1 N–H and O–H groups in total. The third-order valence-electron chi connectivity index (χ3n) is 4.25. The summed E-state index contributed by atoms with van der Waals surface area (Å²) in [5.41, 5.74) is 2.26. The predicted molar refractivity (Wildman–Crippen MR) is 82.1 cm³/mol. The van der Waals surface area contributed by atoms with Crippen LogP contribution in [0.5, 0.6) is 5.75 Å². The van der Waals surface area contributed by atoms with Gasteiger partial charge in [-0.15, -0.1) is 0 Å². The van der Waals surface area contributed by atoms with E-state index in [0.717, 1.165) is 30.5 Å². The molecule has 0 spiro atoms. The Kier molecular flexibility index (Phi) is 4.57. The highest BCUT2D eigenvalue weighted by Gasteiger charge is 2.43. The van der Waals surface area contributed by atoms with Gasteiger partial charge in [0, 0.05) is 18.5 Å². The van der Waals surface area contributed by atoms with Gasteiger partial charge in [0.05, 0.1) is 0 Å². The molecule has 1 aliphatic carbocycles. The second kappa shape index (κ2) is 6.62. The number of hydrogen-bond donors (Lipinski definition) is 1. The summed E-state index contributed by atoms with van der Waals surface area (Å²) in [6, 6.07) is 13.3. The molecule has 1 saturated carbocycles. The standard InChI is InChI=1S/C18H18F3NO/c19-15-5-3-14(4-6-15)18(9-10-18)12-22-11-13-1-7-16(8-2-13)23-17(20)21/h1-8,17,22H,9-12H2. The molecule has 0 bridgehead atoms. The minimum Gasteiger partial charge on any atom is -0.435 e. The van der Waals surface area contributed by atoms with E-state index in [1.807, 2.05) is 12.1 Å². The summed E-state index contributed by atoms with van der Waals surface area (Å²) in [6.45, 7) is -1.34. The predicted octanol–water partition coefficient (Wildman–Crippen LogP) is 4.25. The number of alkyl halides is 2. The molecule has 23 heavy (non-hydrogen) atoms. The van der Waals surface area contributed by atoms with E-state index in [0.29, 0.717) is 6.54 Å². The maximum atomic E-state index is 13.0. The van der Waals surface area contributed by atoms with Crippen molar-refractivity contribution in [2.75, 3.05) is 6.54 Å². The number of benzene rings is 2. The first-order valence-corrected chi connectivity index (χ1v) is 7.58. The van der Waals surface area contributed by atoms with E-state index in [1.54, 1.807) is 12.1 Å². The summed E-state index contributed by atoms with van der Waals surface area (Å²) in [5, 5.41) is 3.40. The van der Waals surface area contributed by atoms with Crippen molar-refractivity contribution in [1.29, 1.82) is 0 Å². The van der Waals surface area contributed by atoms with Crippen LogP contribution in [0.4, 0.5) is 13.2 Å². The van der Waals surface area contributed by atoms with E-state index >= 15 is 0 Å². The van der Waals surface area contributed by atoms with Gasteiger partial charge in [0.1, 0.15) is 11.6 Å².